The van der Waals surface area contributed by atoms with Crippen molar-refractivity contribution in [2.24, 2.45) is 11.3 Å². The fourth-order valence-electron chi connectivity index (χ4n) is 6.23. The molecular formula is C33H43N5O8S. The Labute approximate surface area is 275 Å². The summed E-state index contributed by atoms with van der Waals surface area (Å²) in [6.45, 7) is 9.21. The summed E-state index contributed by atoms with van der Waals surface area (Å²) in [4.78, 5) is 25.8. The van der Waals surface area contributed by atoms with E-state index < -0.39 is 33.6 Å². The highest BCUT2D eigenvalue weighted by atomic mass is 32.2. The van der Waals surface area contributed by atoms with E-state index in [0.29, 0.717) is 36.6 Å². The van der Waals surface area contributed by atoms with Crippen LogP contribution in [0.1, 0.15) is 62.1 Å². The molecule has 1 aromatic heterocycles. The Balaban J connectivity index is 1.35. The molecule has 254 valence electrons. The van der Waals surface area contributed by atoms with E-state index in [1.807, 2.05) is 32.0 Å². The van der Waals surface area contributed by atoms with Gasteiger partial charge in [0.2, 0.25) is 10.0 Å². The van der Waals surface area contributed by atoms with E-state index in [1.54, 1.807) is 49.0 Å². The number of ether oxygens (including phenoxy) is 3. The van der Waals surface area contributed by atoms with Gasteiger partial charge in [0, 0.05) is 26.2 Å². The Morgan fingerprint density at radius 2 is 1.87 bits per heavy atom. The number of hydrogen-bond acceptors (Lipinski definition) is 9. The Morgan fingerprint density at radius 3 is 2.57 bits per heavy atom. The summed E-state index contributed by atoms with van der Waals surface area (Å²) in [5, 5.41) is 17.7. The van der Waals surface area contributed by atoms with Gasteiger partial charge in [-0.15, -0.1) is 5.10 Å². The number of piperidine rings is 1. The van der Waals surface area contributed by atoms with Crippen LogP contribution in [0.3, 0.4) is 0 Å². The molecule has 1 fully saturated rings. The highest BCUT2D eigenvalue weighted by Crippen LogP contribution is 2.40. The fraction of sp³-hybridized carbons (Fsp3) is 0.515. The number of carboxylic acid groups (broad SMARTS) is 1. The topological polar surface area (TPSA) is 153 Å². The molecular weight excluding hydrogens is 626 g/mol. The molecule has 0 bridgehead atoms. The number of hydrogen-bond donors (Lipinski definition) is 1. The van der Waals surface area contributed by atoms with E-state index in [2.05, 4.69) is 10.3 Å². The van der Waals surface area contributed by atoms with Gasteiger partial charge in [-0.2, -0.15) is 4.31 Å². The number of sulfonamides is 1. The number of rotatable bonds is 10. The zero-order chi connectivity index (χ0) is 33.9. The Hall–Kier alpha value is -4.01. The van der Waals surface area contributed by atoms with Crippen molar-refractivity contribution in [3.8, 4) is 5.75 Å². The van der Waals surface area contributed by atoms with E-state index in [1.165, 1.54) is 16.3 Å². The van der Waals surface area contributed by atoms with Crippen molar-refractivity contribution in [1.82, 2.24) is 24.2 Å². The van der Waals surface area contributed by atoms with Gasteiger partial charge in [-0.05, 0) is 75.3 Å². The Morgan fingerprint density at radius 1 is 1.15 bits per heavy atom. The third kappa shape index (κ3) is 7.60. The number of esters is 1. The monoisotopic (exact) mass is 669 g/mol. The van der Waals surface area contributed by atoms with Crippen LogP contribution in [-0.2, 0) is 44.0 Å². The van der Waals surface area contributed by atoms with Gasteiger partial charge in [0.25, 0.3) is 0 Å². The van der Waals surface area contributed by atoms with Gasteiger partial charge < -0.3 is 24.2 Å². The number of aryl methyl sites for hydroxylation is 1. The molecule has 3 aromatic rings. The largest absolute Gasteiger partial charge is 0.488 e. The highest BCUT2D eigenvalue weighted by molar-refractivity contribution is 7.89. The van der Waals surface area contributed by atoms with Gasteiger partial charge in [0.1, 0.15) is 22.4 Å². The lowest BCUT2D eigenvalue weighted by molar-refractivity contribution is -0.162. The molecule has 1 N–H and O–H groups in total. The lowest BCUT2D eigenvalue weighted by Gasteiger charge is -2.32. The maximum atomic E-state index is 13.7. The van der Waals surface area contributed by atoms with Crippen molar-refractivity contribution in [2.45, 2.75) is 77.3 Å². The summed E-state index contributed by atoms with van der Waals surface area (Å²) in [6.07, 6.45) is 1.29. The number of methoxy groups -OCH3 is 1. The predicted molar refractivity (Wildman–Crippen MR) is 171 cm³/mol. The van der Waals surface area contributed by atoms with Crippen LogP contribution in [0.15, 0.2) is 53.6 Å². The molecule has 5 rings (SSSR count). The summed E-state index contributed by atoms with van der Waals surface area (Å²) in [5.41, 5.74) is 1.82. The minimum atomic E-state index is -3.85. The lowest BCUT2D eigenvalue weighted by atomic mass is 9.81. The molecule has 2 aliphatic rings. The third-order valence-corrected chi connectivity index (χ3v) is 10.8. The number of nitrogens with zero attached hydrogens (tertiary/aromatic N) is 5. The van der Waals surface area contributed by atoms with Gasteiger partial charge in [-0.1, -0.05) is 35.5 Å². The molecule has 3 heterocycles. The summed E-state index contributed by atoms with van der Waals surface area (Å²) >= 11 is 0. The van der Waals surface area contributed by atoms with Crippen LogP contribution in [0.25, 0.3) is 0 Å². The number of fused-ring (bicyclic) bond motifs is 1. The van der Waals surface area contributed by atoms with Crippen molar-refractivity contribution < 1.29 is 37.3 Å². The average molecular weight is 670 g/mol. The van der Waals surface area contributed by atoms with Crippen molar-refractivity contribution in [1.29, 1.82) is 0 Å². The fourth-order valence-corrected chi connectivity index (χ4v) is 7.84. The van der Waals surface area contributed by atoms with Crippen LogP contribution in [0.2, 0.25) is 0 Å². The zero-order valence-corrected chi connectivity index (χ0v) is 28.3. The molecule has 2 aromatic carbocycles. The standard InChI is InChI=1S/C33H43N5O8S/c1-22-10-11-25(16-26(22)19-38-17-23(2)46-28-8-6-7-9-29(28)47(38,42)43)30(33(3,4)31(39)44-5)45-21-27-20-37(35-34-27)18-24-12-14-36(15-13-24)32(40)41/h6-11,16,20,23-24,30H,12-15,17-19,21H2,1-5H3,(H,40,41)/t23-,30?/m1/s1. The zero-order valence-electron chi connectivity index (χ0n) is 27.5. The number of carbonyl (C=O) groups is 2. The van der Waals surface area contributed by atoms with Crippen LogP contribution >= 0.6 is 0 Å². The molecule has 1 amide bonds. The van der Waals surface area contributed by atoms with Crippen LogP contribution in [0.4, 0.5) is 4.79 Å². The summed E-state index contributed by atoms with van der Waals surface area (Å²) in [6, 6.07) is 12.3. The van der Waals surface area contributed by atoms with Gasteiger partial charge in [0.15, 0.2) is 0 Å². The maximum absolute atomic E-state index is 13.7. The first-order valence-corrected chi connectivity index (χ1v) is 17.2. The first-order valence-electron chi connectivity index (χ1n) is 15.7. The summed E-state index contributed by atoms with van der Waals surface area (Å²) in [7, 11) is -2.52. The summed E-state index contributed by atoms with van der Waals surface area (Å²) in [5.74, 6) is 0.162. The molecule has 47 heavy (non-hydrogen) atoms. The molecule has 1 unspecified atom stereocenters. The van der Waals surface area contributed by atoms with Crippen LogP contribution in [-0.4, -0.2) is 82.6 Å². The second-order valence-electron chi connectivity index (χ2n) is 12.9. The first-order chi connectivity index (χ1) is 22.3. The minimum absolute atomic E-state index is 0.0674. The van der Waals surface area contributed by atoms with Gasteiger partial charge in [-0.25, -0.2) is 13.2 Å². The Bertz CT molecular complexity index is 1700. The number of benzene rings is 2. The normalized spacial score (nSPS) is 19.3. The molecule has 0 spiro atoms. The molecule has 0 radical (unpaired) electrons. The van der Waals surface area contributed by atoms with Crippen LogP contribution in [0, 0.1) is 18.3 Å². The molecule has 0 aliphatic carbocycles. The molecule has 1 saturated heterocycles. The molecule has 14 heteroatoms. The van der Waals surface area contributed by atoms with E-state index >= 15 is 0 Å². The smallest absolute Gasteiger partial charge is 0.407 e. The van der Waals surface area contributed by atoms with E-state index in [4.69, 9.17) is 14.2 Å². The number of likely N-dealkylation sites (tertiary alicyclic amines) is 1. The van der Waals surface area contributed by atoms with Crippen molar-refractivity contribution in [3.63, 3.8) is 0 Å². The molecule has 13 nitrogen and oxygen atoms in total. The predicted octanol–water partition coefficient (Wildman–Crippen LogP) is 4.41. The average Bonchev–Trinajstić information content (AvgIpc) is 3.45. The van der Waals surface area contributed by atoms with Crippen molar-refractivity contribution in [2.75, 3.05) is 26.7 Å². The maximum Gasteiger partial charge on any atom is 0.407 e. The van der Waals surface area contributed by atoms with Crippen LogP contribution < -0.4 is 4.74 Å². The summed E-state index contributed by atoms with van der Waals surface area (Å²) < 4.78 is 48.2. The van der Waals surface area contributed by atoms with Gasteiger partial charge in [0.05, 0.1) is 38.0 Å². The molecule has 0 saturated carbocycles. The Kier molecular flexibility index (Phi) is 10.2. The second kappa shape index (κ2) is 14.0. The van der Waals surface area contributed by atoms with Gasteiger partial charge >= 0.3 is 12.1 Å². The molecule has 2 aliphatic heterocycles. The van der Waals surface area contributed by atoms with Gasteiger partial charge in [-0.3, -0.25) is 9.48 Å². The quantitative estimate of drug-likeness (QED) is 0.307. The SMILES string of the molecule is COC(=O)C(C)(C)C(OCc1cn(CC2CCN(C(=O)O)CC2)nn1)c1ccc(C)c(CN2C[C@@H](C)Oc3ccccc3S2(=O)=O)c1. The number of carbonyl (C=O) groups excluding carboxylic acids is 1. The first kappa shape index (κ1) is 34.3. The minimum Gasteiger partial charge on any atom is -0.488 e. The number of para-hydroxylation sites is 1. The number of aromatic nitrogens is 3. The molecule has 2 atom stereocenters. The van der Waals surface area contributed by atoms with E-state index in [-0.39, 0.29) is 36.6 Å². The van der Waals surface area contributed by atoms with Crippen LogP contribution in [0.5, 0.6) is 5.75 Å². The van der Waals surface area contributed by atoms with Crippen molar-refractivity contribution in [3.05, 3.63) is 71.0 Å². The number of amides is 1. The lowest BCUT2D eigenvalue weighted by Crippen LogP contribution is -2.38. The third-order valence-electron chi connectivity index (χ3n) is 8.96. The highest BCUT2D eigenvalue weighted by Gasteiger charge is 2.41. The second-order valence-corrected chi connectivity index (χ2v) is 14.8. The van der Waals surface area contributed by atoms with E-state index in [0.717, 1.165) is 24.0 Å². The van der Waals surface area contributed by atoms with E-state index in [9.17, 15) is 23.1 Å². The van der Waals surface area contributed by atoms with Crippen molar-refractivity contribution >= 4 is 22.1 Å².